The van der Waals surface area contributed by atoms with Crippen LogP contribution >= 0.6 is 11.3 Å². The van der Waals surface area contributed by atoms with Gasteiger partial charge in [0, 0.05) is 5.69 Å². The largest absolute Gasteiger partial charge is 0.332 e. The summed E-state index contributed by atoms with van der Waals surface area (Å²) in [6.07, 6.45) is 3.65. The fourth-order valence-corrected chi connectivity index (χ4v) is 3.15. The molecule has 0 aliphatic carbocycles. The molecule has 0 bridgehead atoms. The molecule has 0 saturated heterocycles. The van der Waals surface area contributed by atoms with E-state index in [1.807, 2.05) is 18.2 Å². The van der Waals surface area contributed by atoms with Crippen LogP contribution in [0.5, 0.6) is 0 Å². The normalized spacial score (nSPS) is 10.8. The Bertz CT molecular complexity index is 689. The fourth-order valence-electron chi connectivity index (χ4n) is 2.20. The predicted molar refractivity (Wildman–Crippen MR) is 88.0 cm³/mol. The van der Waals surface area contributed by atoms with Crippen LogP contribution in [0.2, 0.25) is 0 Å². The quantitative estimate of drug-likeness (QED) is 0.679. The number of hydrogen-bond acceptors (Lipinski definition) is 3. The first-order valence-corrected chi connectivity index (χ1v) is 7.88. The minimum Gasteiger partial charge on any atom is -0.332 e. The summed E-state index contributed by atoms with van der Waals surface area (Å²) in [4.78, 5) is 4.64. The first-order chi connectivity index (χ1) is 9.85. The third-order valence-electron chi connectivity index (χ3n) is 3.30. The summed E-state index contributed by atoms with van der Waals surface area (Å²) in [6.45, 7) is 2.23. The third kappa shape index (κ3) is 2.99. The molecule has 0 spiro atoms. The Kier molecular flexibility index (Phi) is 3.97. The number of benzene rings is 2. The van der Waals surface area contributed by atoms with E-state index in [4.69, 9.17) is 0 Å². The lowest BCUT2D eigenvalue weighted by atomic mass is 10.1. The monoisotopic (exact) mass is 282 g/mol. The lowest BCUT2D eigenvalue weighted by Gasteiger charge is -1.99. The van der Waals surface area contributed by atoms with Crippen molar-refractivity contribution < 1.29 is 0 Å². The van der Waals surface area contributed by atoms with Gasteiger partial charge in [0.1, 0.15) is 0 Å². The van der Waals surface area contributed by atoms with Gasteiger partial charge in [-0.3, -0.25) is 0 Å². The van der Waals surface area contributed by atoms with Gasteiger partial charge in [-0.2, -0.15) is 0 Å². The molecule has 0 amide bonds. The molecule has 20 heavy (non-hydrogen) atoms. The summed E-state index contributed by atoms with van der Waals surface area (Å²) in [5, 5.41) is 4.32. The van der Waals surface area contributed by atoms with Crippen LogP contribution in [-0.2, 0) is 6.42 Å². The number of aryl methyl sites for hydroxylation is 1. The van der Waals surface area contributed by atoms with Gasteiger partial charge in [-0.15, -0.1) is 0 Å². The average Bonchev–Trinajstić information content (AvgIpc) is 2.87. The molecule has 3 aromatic rings. The zero-order valence-electron chi connectivity index (χ0n) is 11.6. The van der Waals surface area contributed by atoms with Gasteiger partial charge in [-0.05, 0) is 42.7 Å². The molecule has 0 atom stereocenters. The standard InChI is InChI=1S/C17H18N2S/c1-2-3-7-13-10-11-15-16(12-13)20-17(19-15)18-14-8-5-4-6-9-14/h4-6,8-12H,2-3,7H2,1H3,(H,18,19). The van der Waals surface area contributed by atoms with Crippen molar-refractivity contribution >= 4 is 32.4 Å². The van der Waals surface area contributed by atoms with E-state index in [9.17, 15) is 0 Å². The summed E-state index contributed by atoms with van der Waals surface area (Å²) in [5.74, 6) is 0. The number of nitrogens with one attached hydrogen (secondary N) is 1. The second kappa shape index (κ2) is 6.06. The van der Waals surface area contributed by atoms with Crippen molar-refractivity contribution in [3.63, 3.8) is 0 Å². The van der Waals surface area contributed by atoms with Crippen LogP contribution in [0.3, 0.4) is 0 Å². The first kappa shape index (κ1) is 13.1. The molecule has 0 aliphatic heterocycles. The molecule has 1 heterocycles. The molecule has 1 N–H and O–H groups in total. The van der Waals surface area contributed by atoms with Gasteiger partial charge in [0.25, 0.3) is 0 Å². The van der Waals surface area contributed by atoms with Crippen molar-refractivity contribution in [2.45, 2.75) is 26.2 Å². The third-order valence-corrected chi connectivity index (χ3v) is 4.23. The number of aromatic nitrogens is 1. The number of unbranched alkanes of at least 4 members (excludes halogenated alkanes) is 1. The van der Waals surface area contributed by atoms with Crippen molar-refractivity contribution in [3.05, 3.63) is 54.1 Å². The van der Waals surface area contributed by atoms with Crippen LogP contribution in [0.15, 0.2) is 48.5 Å². The molecule has 2 nitrogen and oxygen atoms in total. The second-order valence-electron chi connectivity index (χ2n) is 4.92. The van der Waals surface area contributed by atoms with Crippen LogP contribution in [0.4, 0.5) is 10.8 Å². The topological polar surface area (TPSA) is 24.9 Å². The van der Waals surface area contributed by atoms with Crippen LogP contribution in [-0.4, -0.2) is 4.98 Å². The maximum Gasteiger partial charge on any atom is 0.188 e. The number of nitrogens with zero attached hydrogens (tertiary/aromatic N) is 1. The van der Waals surface area contributed by atoms with Crippen LogP contribution in [0, 0.1) is 0 Å². The molecule has 1 aromatic heterocycles. The van der Waals surface area contributed by atoms with E-state index < -0.39 is 0 Å². The molecule has 0 saturated carbocycles. The van der Waals surface area contributed by atoms with Gasteiger partial charge in [-0.25, -0.2) is 4.98 Å². The van der Waals surface area contributed by atoms with E-state index in [1.165, 1.54) is 23.1 Å². The SMILES string of the molecule is CCCCc1ccc2nc(Nc3ccccc3)sc2c1. The average molecular weight is 282 g/mol. The maximum atomic E-state index is 4.64. The van der Waals surface area contributed by atoms with Crippen LogP contribution in [0.1, 0.15) is 25.3 Å². The maximum absolute atomic E-state index is 4.64. The highest BCUT2D eigenvalue weighted by Gasteiger charge is 2.05. The van der Waals surface area contributed by atoms with E-state index in [-0.39, 0.29) is 0 Å². The molecule has 0 fully saturated rings. The number of para-hydroxylation sites is 1. The van der Waals surface area contributed by atoms with Crippen molar-refractivity contribution in [3.8, 4) is 0 Å². The number of anilines is 2. The fraction of sp³-hybridized carbons (Fsp3) is 0.235. The first-order valence-electron chi connectivity index (χ1n) is 7.06. The van der Waals surface area contributed by atoms with Gasteiger partial charge < -0.3 is 5.32 Å². The predicted octanol–water partition coefficient (Wildman–Crippen LogP) is 5.38. The van der Waals surface area contributed by atoms with Gasteiger partial charge in [0.05, 0.1) is 10.2 Å². The minimum atomic E-state index is 0.957. The molecule has 3 heteroatoms. The summed E-state index contributed by atoms with van der Waals surface area (Å²) in [7, 11) is 0. The summed E-state index contributed by atoms with van der Waals surface area (Å²) >= 11 is 1.72. The van der Waals surface area contributed by atoms with Gasteiger partial charge >= 0.3 is 0 Å². The van der Waals surface area contributed by atoms with E-state index in [0.29, 0.717) is 0 Å². The van der Waals surface area contributed by atoms with Gasteiger partial charge in [0.2, 0.25) is 0 Å². The highest BCUT2D eigenvalue weighted by atomic mass is 32.1. The zero-order chi connectivity index (χ0) is 13.8. The Morgan fingerprint density at radius 1 is 1.10 bits per heavy atom. The molecular formula is C17H18N2S. The van der Waals surface area contributed by atoms with Crippen LogP contribution < -0.4 is 5.32 Å². The van der Waals surface area contributed by atoms with Crippen molar-refractivity contribution in [2.24, 2.45) is 0 Å². The van der Waals surface area contributed by atoms with E-state index in [2.05, 4.69) is 47.6 Å². The Morgan fingerprint density at radius 2 is 1.95 bits per heavy atom. The highest BCUT2D eigenvalue weighted by molar-refractivity contribution is 7.22. The molecule has 3 rings (SSSR count). The second-order valence-corrected chi connectivity index (χ2v) is 5.95. The number of rotatable bonds is 5. The number of fused-ring (bicyclic) bond motifs is 1. The van der Waals surface area contributed by atoms with Gasteiger partial charge in [-0.1, -0.05) is 48.9 Å². The molecule has 2 aromatic carbocycles. The van der Waals surface area contributed by atoms with Crippen LogP contribution in [0.25, 0.3) is 10.2 Å². The molecule has 0 unspecified atom stereocenters. The Hall–Kier alpha value is -1.87. The van der Waals surface area contributed by atoms with Crippen molar-refractivity contribution in [2.75, 3.05) is 5.32 Å². The Balaban J connectivity index is 1.83. The smallest absolute Gasteiger partial charge is 0.188 e. The van der Waals surface area contributed by atoms with E-state index in [0.717, 1.165) is 22.8 Å². The minimum absolute atomic E-state index is 0.957. The Labute approximate surface area is 123 Å². The lowest BCUT2D eigenvalue weighted by molar-refractivity contribution is 0.796. The molecule has 0 radical (unpaired) electrons. The Morgan fingerprint density at radius 3 is 2.75 bits per heavy atom. The summed E-state index contributed by atoms with van der Waals surface area (Å²) < 4.78 is 1.26. The van der Waals surface area contributed by atoms with E-state index in [1.54, 1.807) is 11.3 Å². The summed E-state index contributed by atoms with van der Waals surface area (Å²) in [6, 6.07) is 16.8. The van der Waals surface area contributed by atoms with Crippen molar-refractivity contribution in [1.82, 2.24) is 4.98 Å². The number of thiazole rings is 1. The lowest BCUT2D eigenvalue weighted by Crippen LogP contribution is -1.87. The molecule has 102 valence electrons. The van der Waals surface area contributed by atoms with E-state index >= 15 is 0 Å². The van der Waals surface area contributed by atoms with Crippen molar-refractivity contribution in [1.29, 1.82) is 0 Å². The zero-order valence-corrected chi connectivity index (χ0v) is 12.4. The molecular weight excluding hydrogens is 264 g/mol. The number of hydrogen-bond donors (Lipinski definition) is 1. The summed E-state index contributed by atoms with van der Waals surface area (Å²) in [5.41, 5.74) is 3.57. The molecule has 0 aliphatic rings. The highest BCUT2D eigenvalue weighted by Crippen LogP contribution is 2.29. The van der Waals surface area contributed by atoms with Gasteiger partial charge in [0.15, 0.2) is 5.13 Å².